The molecule has 0 aliphatic carbocycles. The van der Waals surface area contributed by atoms with Crippen LogP contribution in [-0.4, -0.2) is 28.0 Å². The first-order valence-electron chi connectivity index (χ1n) is 2.84. The number of hydrogen-bond donors (Lipinski definition) is 3. The molecule has 0 aliphatic rings. The van der Waals surface area contributed by atoms with E-state index in [1.54, 1.807) is 0 Å². The van der Waals surface area contributed by atoms with Crippen molar-refractivity contribution in [1.82, 2.24) is 0 Å². The molecule has 0 heterocycles. The number of carbonyl (C=O) groups excluding carboxylic acids is 1. The maximum absolute atomic E-state index is 10.2. The second-order valence-electron chi connectivity index (χ2n) is 2.10. The summed E-state index contributed by atoms with van der Waals surface area (Å²) >= 11 is 0. The van der Waals surface area contributed by atoms with Gasteiger partial charge in [-0.1, -0.05) is 0 Å². The van der Waals surface area contributed by atoms with Gasteiger partial charge in [0.25, 0.3) is 0 Å². The fourth-order valence-corrected chi connectivity index (χ4v) is 1.04. The van der Waals surface area contributed by atoms with Crippen LogP contribution in [0.2, 0.25) is 0 Å². The van der Waals surface area contributed by atoms with E-state index in [1.165, 1.54) is 0 Å². The van der Waals surface area contributed by atoms with E-state index in [0.717, 1.165) is 0 Å². The Kier molecular flexibility index (Phi) is 7.66. The molecular weight excluding hydrogens is 196 g/mol. The number of carboxylic acids is 1. The Hall–Kier alpha value is 0.580. The van der Waals surface area contributed by atoms with E-state index in [4.69, 9.17) is 15.5 Å². The van der Waals surface area contributed by atoms with Crippen LogP contribution in [0.15, 0.2) is 0 Å². The van der Waals surface area contributed by atoms with Crippen molar-refractivity contribution in [2.24, 2.45) is 5.73 Å². The number of carboxylic acid groups (broad SMARTS) is 1. The first kappa shape index (κ1) is 15.1. The molecule has 0 aliphatic heterocycles. The Morgan fingerprint density at radius 2 is 2.00 bits per heavy atom. The maximum Gasteiger partial charge on any atom is 1.00 e. The first-order chi connectivity index (χ1) is 4.83. The standard InChI is InChI=1S/C4H10NO5P.Na/c5-3(4(6)7)1-2-11(8,9)10;/h3H,1-2,5H2,(H,6,7)(H2,8,9,10);/q;+1/p-1. The Labute approximate surface area is 91.6 Å². The van der Waals surface area contributed by atoms with Gasteiger partial charge in [-0.3, -0.25) is 4.57 Å². The van der Waals surface area contributed by atoms with E-state index in [-0.39, 0.29) is 36.0 Å². The summed E-state index contributed by atoms with van der Waals surface area (Å²) in [6, 6.07) is -1.30. The van der Waals surface area contributed by atoms with Crippen LogP contribution >= 0.6 is 7.60 Å². The van der Waals surface area contributed by atoms with Crippen molar-refractivity contribution in [2.75, 3.05) is 6.16 Å². The summed E-state index contributed by atoms with van der Waals surface area (Å²) in [6.07, 6.45) is -0.797. The minimum absolute atomic E-state index is 0. The molecule has 0 saturated heterocycles. The molecule has 0 rings (SSSR count). The largest absolute Gasteiger partial charge is 1.00 e. The van der Waals surface area contributed by atoms with Gasteiger partial charge in [0.2, 0.25) is 0 Å². The summed E-state index contributed by atoms with van der Waals surface area (Å²) in [5.74, 6) is -1.50. The zero-order chi connectivity index (χ0) is 9.07. The van der Waals surface area contributed by atoms with Crippen molar-refractivity contribution in [2.45, 2.75) is 12.5 Å². The van der Waals surface area contributed by atoms with Crippen LogP contribution in [0.5, 0.6) is 0 Å². The maximum atomic E-state index is 10.2. The average Bonchev–Trinajstić information content (AvgIpc) is 1.80. The molecule has 0 radical (unpaired) electrons. The number of carbonyl (C=O) groups is 1. The van der Waals surface area contributed by atoms with Crippen LogP contribution in [0, 0.1) is 0 Å². The molecule has 1 unspecified atom stereocenters. The van der Waals surface area contributed by atoms with E-state index in [2.05, 4.69) is 0 Å². The molecule has 1 atom stereocenters. The third-order valence-electron chi connectivity index (χ3n) is 1.03. The second kappa shape index (κ2) is 6.10. The molecule has 0 saturated carbocycles. The van der Waals surface area contributed by atoms with Crippen LogP contribution in [-0.2, 0) is 9.36 Å². The summed E-state index contributed by atoms with van der Waals surface area (Å²) < 4.78 is 10.2. The minimum atomic E-state index is -4.13. The van der Waals surface area contributed by atoms with Gasteiger partial charge in [0, 0.05) is 6.04 Å². The smallest absolute Gasteiger partial charge is 0.548 e. The van der Waals surface area contributed by atoms with Crippen molar-refractivity contribution in [3.8, 4) is 0 Å². The minimum Gasteiger partial charge on any atom is -0.548 e. The molecule has 0 aromatic heterocycles. The van der Waals surface area contributed by atoms with Gasteiger partial charge in [-0.2, -0.15) is 0 Å². The number of nitrogens with two attached hydrogens (primary N) is 1. The van der Waals surface area contributed by atoms with Gasteiger partial charge in [0.05, 0.1) is 12.1 Å². The molecule has 66 valence electrons. The van der Waals surface area contributed by atoms with Crippen molar-refractivity contribution in [1.29, 1.82) is 0 Å². The van der Waals surface area contributed by atoms with E-state index in [9.17, 15) is 14.5 Å². The van der Waals surface area contributed by atoms with Crippen molar-refractivity contribution < 1.29 is 53.8 Å². The normalized spacial score (nSPS) is 13.2. The van der Waals surface area contributed by atoms with Crippen LogP contribution in [0.1, 0.15) is 6.42 Å². The SMILES string of the molecule is NC(CCP(=O)(O)O)C(=O)[O-].[Na+]. The summed E-state index contributed by atoms with van der Waals surface area (Å²) in [6.45, 7) is 0. The third kappa shape index (κ3) is 8.67. The van der Waals surface area contributed by atoms with Gasteiger partial charge in [-0.25, -0.2) is 0 Å². The summed E-state index contributed by atoms with van der Waals surface area (Å²) in [5, 5.41) is 9.93. The fourth-order valence-electron chi connectivity index (χ4n) is 0.425. The van der Waals surface area contributed by atoms with Gasteiger partial charge in [-0.05, 0) is 6.42 Å². The van der Waals surface area contributed by atoms with Crippen LogP contribution < -0.4 is 40.4 Å². The Morgan fingerprint density at radius 1 is 1.58 bits per heavy atom. The van der Waals surface area contributed by atoms with Crippen molar-refractivity contribution in [3.63, 3.8) is 0 Å². The monoisotopic (exact) mass is 205 g/mol. The molecule has 0 fully saturated rings. The van der Waals surface area contributed by atoms with E-state index in [0.29, 0.717) is 0 Å². The van der Waals surface area contributed by atoms with E-state index < -0.39 is 25.8 Å². The molecule has 8 heteroatoms. The topological polar surface area (TPSA) is 124 Å². The fraction of sp³-hybridized carbons (Fsp3) is 0.750. The molecule has 4 N–H and O–H groups in total. The van der Waals surface area contributed by atoms with Crippen LogP contribution in [0.25, 0.3) is 0 Å². The number of aliphatic carboxylic acids is 1. The van der Waals surface area contributed by atoms with Gasteiger partial charge < -0.3 is 25.4 Å². The van der Waals surface area contributed by atoms with Crippen molar-refractivity contribution in [3.05, 3.63) is 0 Å². The second-order valence-corrected chi connectivity index (χ2v) is 3.88. The molecule has 0 aromatic carbocycles. The van der Waals surface area contributed by atoms with Gasteiger partial charge in [-0.15, -0.1) is 0 Å². The van der Waals surface area contributed by atoms with E-state index in [1.807, 2.05) is 0 Å². The summed E-state index contributed by atoms with van der Waals surface area (Å²) in [7, 11) is -4.13. The number of rotatable bonds is 4. The molecule has 12 heavy (non-hydrogen) atoms. The molecular formula is C4H9NNaO5P. The Balaban J connectivity index is 0. The predicted molar refractivity (Wildman–Crippen MR) is 34.5 cm³/mol. The Morgan fingerprint density at radius 3 is 2.25 bits per heavy atom. The summed E-state index contributed by atoms with van der Waals surface area (Å²) in [4.78, 5) is 26.5. The molecule has 0 bridgehead atoms. The number of hydrogen-bond acceptors (Lipinski definition) is 4. The first-order valence-corrected chi connectivity index (χ1v) is 4.63. The molecule has 0 aromatic rings. The van der Waals surface area contributed by atoms with Crippen LogP contribution in [0.3, 0.4) is 0 Å². The predicted octanol–water partition coefficient (Wildman–Crippen LogP) is -5.36. The van der Waals surface area contributed by atoms with Gasteiger partial charge >= 0.3 is 37.2 Å². The average molecular weight is 205 g/mol. The summed E-state index contributed by atoms with van der Waals surface area (Å²) in [5.41, 5.74) is 4.92. The van der Waals surface area contributed by atoms with Crippen LogP contribution in [0.4, 0.5) is 0 Å². The van der Waals surface area contributed by atoms with Gasteiger partial charge in [0.1, 0.15) is 0 Å². The molecule has 0 spiro atoms. The van der Waals surface area contributed by atoms with Crippen molar-refractivity contribution >= 4 is 13.6 Å². The molecule has 6 nitrogen and oxygen atoms in total. The molecule has 0 amide bonds. The zero-order valence-electron chi connectivity index (χ0n) is 6.64. The van der Waals surface area contributed by atoms with Gasteiger partial charge in [0.15, 0.2) is 0 Å². The third-order valence-corrected chi connectivity index (χ3v) is 1.87. The Bertz CT molecular complexity index is 192. The quantitative estimate of drug-likeness (QED) is 0.311. The van der Waals surface area contributed by atoms with E-state index >= 15 is 0 Å². The zero-order valence-corrected chi connectivity index (χ0v) is 9.53.